The molecule has 1 fully saturated rings. The quantitative estimate of drug-likeness (QED) is 0.665. The van der Waals surface area contributed by atoms with Gasteiger partial charge in [-0.3, -0.25) is 14.9 Å². The van der Waals surface area contributed by atoms with Gasteiger partial charge in [0.25, 0.3) is 11.6 Å². The lowest BCUT2D eigenvalue weighted by atomic mass is 9.90. The van der Waals surface area contributed by atoms with Gasteiger partial charge in [0.2, 0.25) is 0 Å². The molecule has 1 aliphatic rings. The highest BCUT2D eigenvalue weighted by Crippen LogP contribution is 2.29. The standard InChI is InChI=1S/C15H18N2O5/c1-9(2)16(12-4-3-5-12)14(18)10-6-11(15(19)20)8-13(7-10)17(21)22/h6-9,12H,3-5H2,1-2H3,(H,19,20). The molecule has 118 valence electrons. The van der Waals surface area contributed by atoms with Crippen molar-refractivity contribution >= 4 is 17.6 Å². The lowest BCUT2D eigenvalue weighted by Crippen LogP contribution is -2.48. The van der Waals surface area contributed by atoms with E-state index in [9.17, 15) is 19.7 Å². The van der Waals surface area contributed by atoms with E-state index in [1.165, 1.54) is 6.07 Å². The Morgan fingerprint density at radius 1 is 1.27 bits per heavy atom. The number of hydrogen-bond acceptors (Lipinski definition) is 4. The number of aromatic carboxylic acids is 1. The van der Waals surface area contributed by atoms with Crippen molar-refractivity contribution < 1.29 is 19.6 Å². The summed E-state index contributed by atoms with van der Waals surface area (Å²) in [7, 11) is 0. The molecule has 0 atom stereocenters. The Balaban J connectivity index is 2.42. The molecule has 0 unspecified atom stereocenters. The molecule has 0 aliphatic heterocycles. The van der Waals surface area contributed by atoms with Crippen molar-refractivity contribution in [2.24, 2.45) is 0 Å². The van der Waals surface area contributed by atoms with Crippen LogP contribution in [-0.4, -0.2) is 38.9 Å². The number of rotatable bonds is 5. The molecule has 2 rings (SSSR count). The summed E-state index contributed by atoms with van der Waals surface area (Å²) in [5, 5.41) is 20.0. The number of non-ortho nitro benzene ring substituents is 1. The molecule has 0 heterocycles. The predicted molar refractivity (Wildman–Crippen MR) is 79.0 cm³/mol. The van der Waals surface area contributed by atoms with Gasteiger partial charge in [0.05, 0.1) is 10.5 Å². The normalized spacial score (nSPS) is 14.5. The number of nitrogens with zero attached hydrogens (tertiary/aromatic N) is 2. The largest absolute Gasteiger partial charge is 0.478 e. The fourth-order valence-electron chi connectivity index (χ4n) is 2.60. The third-order valence-electron chi connectivity index (χ3n) is 3.88. The predicted octanol–water partition coefficient (Wildman–Crippen LogP) is 2.70. The maximum Gasteiger partial charge on any atom is 0.335 e. The highest BCUT2D eigenvalue weighted by molar-refractivity contribution is 5.98. The second kappa shape index (κ2) is 6.13. The first-order chi connectivity index (χ1) is 10.3. The van der Waals surface area contributed by atoms with E-state index in [1.807, 2.05) is 13.8 Å². The number of nitro benzene ring substituents is 1. The Hall–Kier alpha value is -2.44. The van der Waals surface area contributed by atoms with E-state index < -0.39 is 10.9 Å². The molecule has 1 amide bonds. The summed E-state index contributed by atoms with van der Waals surface area (Å²) in [6.07, 6.45) is 2.87. The lowest BCUT2D eigenvalue weighted by Gasteiger charge is -2.40. The Bertz CT molecular complexity index is 590. The molecular weight excluding hydrogens is 288 g/mol. The van der Waals surface area contributed by atoms with Crippen molar-refractivity contribution in [3.8, 4) is 0 Å². The van der Waals surface area contributed by atoms with Gasteiger partial charge in [-0.1, -0.05) is 0 Å². The van der Waals surface area contributed by atoms with Crippen molar-refractivity contribution in [1.82, 2.24) is 4.90 Å². The van der Waals surface area contributed by atoms with Crippen LogP contribution in [0.5, 0.6) is 0 Å². The average molecular weight is 306 g/mol. The number of benzene rings is 1. The zero-order chi connectivity index (χ0) is 16.4. The second-order valence-corrected chi connectivity index (χ2v) is 5.72. The summed E-state index contributed by atoms with van der Waals surface area (Å²) >= 11 is 0. The maximum absolute atomic E-state index is 12.7. The smallest absolute Gasteiger partial charge is 0.335 e. The molecule has 0 spiro atoms. The first kappa shape index (κ1) is 15.9. The van der Waals surface area contributed by atoms with Gasteiger partial charge < -0.3 is 10.0 Å². The van der Waals surface area contributed by atoms with Crippen LogP contribution in [0.4, 0.5) is 5.69 Å². The highest BCUT2D eigenvalue weighted by Gasteiger charge is 2.32. The van der Waals surface area contributed by atoms with Gasteiger partial charge in [-0.15, -0.1) is 0 Å². The third kappa shape index (κ3) is 3.08. The molecule has 1 aromatic rings. The van der Waals surface area contributed by atoms with E-state index in [-0.39, 0.29) is 34.8 Å². The van der Waals surface area contributed by atoms with E-state index in [4.69, 9.17) is 5.11 Å². The Morgan fingerprint density at radius 3 is 2.27 bits per heavy atom. The molecule has 7 nitrogen and oxygen atoms in total. The van der Waals surface area contributed by atoms with Gasteiger partial charge in [0.1, 0.15) is 0 Å². The van der Waals surface area contributed by atoms with Gasteiger partial charge in [-0.25, -0.2) is 4.79 Å². The number of carbonyl (C=O) groups excluding carboxylic acids is 1. The zero-order valence-electron chi connectivity index (χ0n) is 12.5. The average Bonchev–Trinajstić information content (AvgIpc) is 2.40. The zero-order valence-corrected chi connectivity index (χ0v) is 12.5. The summed E-state index contributed by atoms with van der Waals surface area (Å²) in [4.78, 5) is 35.7. The molecular formula is C15H18N2O5. The summed E-state index contributed by atoms with van der Waals surface area (Å²) < 4.78 is 0. The fourth-order valence-corrected chi connectivity index (χ4v) is 2.60. The number of carboxylic acid groups (broad SMARTS) is 1. The summed E-state index contributed by atoms with van der Waals surface area (Å²) in [6.45, 7) is 3.76. The van der Waals surface area contributed by atoms with Gasteiger partial charge in [-0.2, -0.15) is 0 Å². The monoisotopic (exact) mass is 306 g/mol. The second-order valence-electron chi connectivity index (χ2n) is 5.72. The fraction of sp³-hybridized carbons (Fsp3) is 0.467. The van der Waals surface area contributed by atoms with Gasteiger partial charge in [0.15, 0.2) is 0 Å². The van der Waals surface area contributed by atoms with E-state index in [2.05, 4.69) is 0 Å². The summed E-state index contributed by atoms with van der Waals surface area (Å²) in [6, 6.07) is 3.38. The van der Waals surface area contributed by atoms with Crippen LogP contribution in [0.15, 0.2) is 18.2 Å². The SMILES string of the molecule is CC(C)N(C(=O)c1cc(C(=O)O)cc([N+](=O)[O-])c1)C1CCC1. The van der Waals surface area contributed by atoms with E-state index in [0.717, 1.165) is 31.4 Å². The molecule has 0 radical (unpaired) electrons. The van der Waals surface area contributed by atoms with Crippen LogP contribution in [-0.2, 0) is 0 Å². The summed E-state index contributed by atoms with van der Waals surface area (Å²) in [5.41, 5.74) is -0.595. The minimum absolute atomic E-state index is 0.0483. The Kier molecular flexibility index (Phi) is 4.44. The molecule has 22 heavy (non-hydrogen) atoms. The van der Waals surface area contributed by atoms with Crippen LogP contribution >= 0.6 is 0 Å². The van der Waals surface area contributed by atoms with Crippen LogP contribution in [0.25, 0.3) is 0 Å². The number of hydrogen-bond donors (Lipinski definition) is 1. The van der Waals surface area contributed by atoms with Crippen molar-refractivity contribution in [2.75, 3.05) is 0 Å². The highest BCUT2D eigenvalue weighted by atomic mass is 16.6. The Morgan fingerprint density at radius 2 is 1.86 bits per heavy atom. The lowest BCUT2D eigenvalue weighted by molar-refractivity contribution is -0.384. The molecule has 1 aliphatic carbocycles. The Labute approximate surface area is 127 Å². The first-order valence-electron chi connectivity index (χ1n) is 7.16. The van der Waals surface area contributed by atoms with Crippen LogP contribution < -0.4 is 0 Å². The van der Waals surface area contributed by atoms with Crippen LogP contribution in [0.1, 0.15) is 53.8 Å². The van der Waals surface area contributed by atoms with Crippen LogP contribution in [0, 0.1) is 10.1 Å². The number of nitro groups is 1. The molecule has 0 saturated heterocycles. The minimum atomic E-state index is -1.29. The van der Waals surface area contributed by atoms with Crippen molar-refractivity contribution in [3.63, 3.8) is 0 Å². The van der Waals surface area contributed by atoms with Crippen LogP contribution in [0.3, 0.4) is 0 Å². The minimum Gasteiger partial charge on any atom is -0.478 e. The van der Waals surface area contributed by atoms with Gasteiger partial charge >= 0.3 is 5.97 Å². The number of carbonyl (C=O) groups is 2. The van der Waals surface area contributed by atoms with Crippen molar-refractivity contribution in [2.45, 2.75) is 45.2 Å². The van der Waals surface area contributed by atoms with Crippen molar-refractivity contribution in [3.05, 3.63) is 39.4 Å². The number of amides is 1. The molecule has 1 N–H and O–H groups in total. The first-order valence-corrected chi connectivity index (χ1v) is 7.16. The van der Waals surface area contributed by atoms with E-state index >= 15 is 0 Å². The van der Waals surface area contributed by atoms with E-state index in [1.54, 1.807) is 4.90 Å². The van der Waals surface area contributed by atoms with E-state index in [0.29, 0.717) is 0 Å². The molecule has 7 heteroatoms. The van der Waals surface area contributed by atoms with Crippen molar-refractivity contribution in [1.29, 1.82) is 0 Å². The maximum atomic E-state index is 12.7. The molecule has 0 bridgehead atoms. The molecule has 1 aromatic carbocycles. The summed E-state index contributed by atoms with van der Waals surface area (Å²) in [5.74, 6) is -1.65. The number of carboxylic acids is 1. The molecule has 1 saturated carbocycles. The third-order valence-corrected chi connectivity index (χ3v) is 3.88. The topological polar surface area (TPSA) is 101 Å². The van der Waals surface area contributed by atoms with Gasteiger partial charge in [-0.05, 0) is 39.2 Å². The van der Waals surface area contributed by atoms with Crippen LogP contribution in [0.2, 0.25) is 0 Å². The van der Waals surface area contributed by atoms with Gasteiger partial charge in [0, 0.05) is 29.8 Å². The molecule has 0 aromatic heterocycles.